The van der Waals surface area contributed by atoms with Crippen LogP contribution in [0.2, 0.25) is 0 Å². The van der Waals surface area contributed by atoms with E-state index in [1.165, 1.54) is 0 Å². The Kier molecular flexibility index (Phi) is 3.20. The summed E-state index contributed by atoms with van der Waals surface area (Å²) in [5.74, 6) is -0.451. The molecular formula is C8H6F5NO2. The summed E-state index contributed by atoms with van der Waals surface area (Å²) in [6.07, 6.45) is -8.58. The van der Waals surface area contributed by atoms with Gasteiger partial charge in [0.25, 0.3) is 6.43 Å². The van der Waals surface area contributed by atoms with Crippen molar-refractivity contribution in [2.24, 2.45) is 0 Å². The molecular weight excluding hydrogens is 237 g/mol. The summed E-state index contributed by atoms with van der Waals surface area (Å²) >= 11 is 0. The van der Waals surface area contributed by atoms with E-state index in [2.05, 4.69) is 4.74 Å². The number of methoxy groups -OCH3 is 1. The SMILES string of the molecule is COc1cc(=O)c(C(F)(F)F)c(C(F)F)[nH]1. The van der Waals surface area contributed by atoms with Crippen molar-refractivity contribution in [2.75, 3.05) is 7.11 Å². The smallest absolute Gasteiger partial charge is 0.422 e. The number of nitrogens with one attached hydrogen (secondary N) is 1. The first-order valence-corrected chi connectivity index (χ1v) is 3.94. The van der Waals surface area contributed by atoms with Gasteiger partial charge >= 0.3 is 6.18 Å². The normalized spacial score (nSPS) is 11.9. The van der Waals surface area contributed by atoms with Crippen LogP contribution in [-0.4, -0.2) is 12.1 Å². The molecule has 1 rings (SSSR count). The van der Waals surface area contributed by atoms with Gasteiger partial charge in [-0.2, -0.15) is 13.2 Å². The van der Waals surface area contributed by atoms with Gasteiger partial charge in [-0.3, -0.25) is 4.79 Å². The molecule has 16 heavy (non-hydrogen) atoms. The van der Waals surface area contributed by atoms with Crippen molar-refractivity contribution in [1.29, 1.82) is 0 Å². The van der Waals surface area contributed by atoms with Crippen LogP contribution in [0.15, 0.2) is 10.9 Å². The fourth-order valence-electron chi connectivity index (χ4n) is 1.12. The highest BCUT2D eigenvalue weighted by atomic mass is 19.4. The number of rotatable bonds is 2. The van der Waals surface area contributed by atoms with Gasteiger partial charge < -0.3 is 9.72 Å². The Balaban J connectivity index is 3.53. The van der Waals surface area contributed by atoms with Gasteiger partial charge in [-0.05, 0) is 0 Å². The molecule has 1 aromatic heterocycles. The first kappa shape index (κ1) is 12.5. The number of aromatic nitrogens is 1. The molecule has 0 fully saturated rings. The second kappa shape index (κ2) is 4.11. The second-order valence-corrected chi connectivity index (χ2v) is 2.79. The zero-order chi connectivity index (χ0) is 12.5. The Bertz CT molecular complexity index is 437. The Morgan fingerprint density at radius 2 is 1.94 bits per heavy atom. The number of H-pyrrole nitrogens is 1. The van der Waals surface area contributed by atoms with Crippen molar-refractivity contribution in [3.63, 3.8) is 0 Å². The van der Waals surface area contributed by atoms with Crippen LogP contribution in [0, 0.1) is 0 Å². The van der Waals surface area contributed by atoms with Crippen LogP contribution >= 0.6 is 0 Å². The number of ether oxygens (including phenoxy) is 1. The summed E-state index contributed by atoms with van der Waals surface area (Å²) in [5, 5.41) is 0. The third-order valence-electron chi connectivity index (χ3n) is 1.76. The zero-order valence-electron chi connectivity index (χ0n) is 7.86. The number of hydrogen-bond donors (Lipinski definition) is 1. The maximum Gasteiger partial charge on any atom is 0.422 e. The van der Waals surface area contributed by atoms with Crippen molar-refractivity contribution >= 4 is 0 Å². The Labute approximate surface area is 85.8 Å². The molecule has 0 radical (unpaired) electrons. The maximum absolute atomic E-state index is 12.3. The lowest BCUT2D eigenvalue weighted by Crippen LogP contribution is -2.23. The van der Waals surface area contributed by atoms with Crippen LogP contribution in [0.25, 0.3) is 0 Å². The first-order valence-electron chi connectivity index (χ1n) is 3.94. The van der Waals surface area contributed by atoms with Gasteiger partial charge in [0, 0.05) is 6.07 Å². The van der Waals surface area contributed by atoms with Gasteiger partial charge in [0.15, 0.2) is 11.3 Å². The van der Waals surface area contributed by atoms with Gasteiger partial charge in [0.2, 0.25) is 0 Å². The van der Waals surface area contributed by atoms with Crippen LogP contribution in [0.5, 0.6) is 5.88 Å². The molecule has 0 saturated heterocycles. The molecule has 90 valence electrons. The van der Waals surface area contributed by atoms with Gasteiger partial charge in [-0.15, -0.1) is 0 Å². The molecule has 0 saturated carbocycles. The van der Waals surface area contributed by atoms with E-state index in [4.69, 9.17) is 0 Å². The van der Waals surface area contributed by atoms with Gasteiger partial charge in [0.05, 0.1) is 7.11 Å². The van der Waals surface area contributed by atoms with Crippen LogP contribution < -0.4 is 10.2 Å². The van der Waals surface area contributed by atoms with Crippen LogP contribution in [0.1, 0.15) is 17.7 Å². The van der Waals surface area contributed by atoms with E-state index in [0.717, 1.165) is 7.11 Å². The average Bonchev–Trinajstić information content (AvgIpc) is 2.14. The number of aromatic amines is 1. The van der Waals surface area contributed by atoms with Crippen molar-refractivity contribution in [2.45, 2.75) is 12.6 Å². The fraction of sp³-hybridized carbons (Fsp3) is 0.375. The van der Waals surface area contributed by atoms with E-state index in [-0.39, 0.29) is 0 Å². The van der Waals surface area contributed by atoms with Crippen molar-refractivity contribution in [3.05, 3.63) is 27.5 Å². The van der Waals surface area contributed by atoms with E-state index in [1.807, 2.05) is 0 Å². The van der Waals surface area contributed by atoms with E-state index in [9.17, 15) is 26.7 Å². The summed E-state index contributed by atoms with van der Waals surface area (Å²) in [4.78, 5) is 12.7. The number of pyridine rings is 1. The monoisotopic (exact) mass is 243 g/mol. The molecule has 1 N–H and O–H groups in total. The molecule has 3 nitrogen and oxygen atoms in total. The van der Waals surface area contributed by atoms with E-state index in [1.54, 1.807) is 4.98 Å². The molecule has 0 spiro atoms. The highest BCUT2D eigenvalue weighted by Gasteiger charge is 2.39. The molecule has 0 aliphatic heterocycles. The van der Waals surface area contributed by atoms with Crippen molar-refractivity contribution < 1.29 is 26.7 Å². The minimum absolute atomic E-state index is 0.451. The number of alkyl halides is 5. The molecule has 0 aromatic carbocycles. The zero-order valence-corrected chi connectivity index (χ0v) is 7.86. The summed E-state index contributed by atoms with van der Waals surface area (Å²) < 4.78 is 66.0. The standard InChI is InChI=1S/C8H6F5NO2/c1-16-4-2-3(15)5(8(11,12)13)6(14-4)7(9)10/h2,7H,1H3,(H,14,15). The molecule has 1 heterocycles. The molecule has 0 atom stereocenters. The lowest BCUT2D eigenvalue weighted by molar-refractivity contribution is -0.140. The lowest BCUT2D eigenvalue weighted by Gasteiger charge is -2.12. The number of hydrogen-bond acceptors (Lipinski definition) is 2. The Morgan fingerprint density at radius 1 is 1.38 bits per heavy atom. The molecule has 0 amide bonds. The predicted molar refractivity (Wildman–Crippen MR) is 43.6 cm³/mol. The third-order valence-corrected chi connectivity index (χ3v) is 1.76. The van der Waals surface area contributed by atoms with Gasteiger partial charge in [0.1, 0.15) is 11.3 Å². The summed E-state index contributed by atoms with van der Waals surface area (Å²) in [6.45, 7) is 0. The Hall–Kier alpha value is -1.60. The maximum atomic E-state index is 12.3. The van der Waals surface area contributed by atoms with Crippen LogP contribution in [0.3, 0.4) is 0 Å². The molecule has 1 aromatic rings. The van der Waals surface area contributed by atoms with E-state index >= 15 is 0 Å². The van der Waals surface area contributed by atoms with Gasteiger partial charge in [-0.25, -0.2) is 8.78 Å². The molecule has 0 aliphatic carbocycles. The second-order valence-electron chi connectivity index (χ2n) is 2.79. The lowest BCUT2D eigenvalue weighted by atomic mass is 10.2. The average molecular weight is 243 g/mol. The first-order chi connectivity index (χ1) is 7.27. The summed E-state index contributed by atoms with van der Waals surface area (Å²) in [6, 6.07) is 0.467. The molecule has 0 bridgehead atoms. The van der Waals surface area contributed by atoms with Crippen LogP contribution in [0.4, 0.5) is 22.0 Å². The summed E-state index contributed by atoms with van der Waals surface area (Å²) in [5.41, 5.74) is -4.95. The number of halogens is 5. The highest BCUT2D eigenvalue weighted by Crippen LogP contribution is 2.33. The summed E-state index contributed by atoms with van der Waals surface area (Å²) in [7, 11) is 1.04. The van der Waals surface area contributed by atoms with Crippen LogP contribution in [-0.2, 0) is 6.18 Å². The third kappa shape index (κ3) is 2.31. The minimum atomic E-state index is -5.13. The van der Waals surface area contributed by atoms with Gasteiger partial charge in [-0.1, -0.05) is 0 Å². The fourth-order valence-corrected chi connectivity index (χ4v) is 1.12. The molecule has 0 unspecified atom stereocenters. The quantitative estimate of drug-likeness (QED) is 0.810. The predicted octanol–water partition coefficient (Wildman–Crippen LogP) is 2.34. The minimum Gasteiger partial charge on any atom is -0.482 e. The van der Waals surface area contributed by atoms with Crippen molar-refractivity contribution in [3.8, 4) is 5.88 Å². The molecule has 0 aliphatic rings. The molecule has 8 heteroatoms. The van der Waals surface area contributed by atoms with E-state index in [0.29, 0.717) is 6.07 Å². The van der Waals surface area contributed by atoms with Crippen molar-refractivity contribution in [1.82, 2.24) is 4.98 Å². The largest absolute Gasteiger partial charge is 0.482 e. The Morgan fingerprint density at radius 3 is 2.31 bits per heavy atom. The topological polar surface area (TPSA) is 42.1 Å². The van der Waals surface area contributed by atoms with E-state index < -0.39 is 35.2 Å². The highest BCUT2D eigenvalue weighted by molar-refractivity contribution is 5.29.